The maximum atomic E-state index is 11.1. The molecule has 0 unspecified atom stereocenters. The summed E-state index contributed by atoms with van der Waals surface area (Å²) in [7, 11) is 1.46. The van der Waals surface area contributed by atoms with Crippen LogP contribution in [0.25, 0.3) is 11.2 Å². The number of hydrogen-bond donors (Lipinski definition) is 0. The highest BCUT2D eigenvalue weighted by Crippen LogP contribution is 2.27. The summed E-state index contributed by atoms with van der Waals surface area (Å²) in [6, 6.07) is 0. The first-order valence-electron chi connectivity index (χ1n) is 12.6. The molecule has 0 bridgehead atoms. The minimum absolute atomic E-state index is 0.0881. The van der Waals surface area contributed by atoms with Crippen molar-refractivity contribution in [3.63, 3.8) is 0 Å². The lowest BCUT2D eigenvalue weighted by Crippen LogP contribution is -2.06. The van der Waals surface area contributed by atoms with Crippen LogP contribution in [0, 0.1) is 0 Å². The topological polar surface area (TPSA) is 69.9 Å². The van der Waals surface area contributed by atoms with Gasteiger partial charge in [-0.2, -0.15) is 4.98 Å². The van der Waals surface area contributed by atoms with Crippen molar-refractivity contribution in [1.82, 2.24) is 19.5 Å². The second-order valence-electron chi connectivity index (χ2n) is 9.15. The van der Waals surface area contributed by atoms with Crippen molar-refractivity contribution in [2.24, 2.45) is 0 Å². The van der Waals surface area contributed by atoms with Gasteiger partial charge in [0, 0.05) is 18.9 Å². The molecular formula is C25H40Cl2N4O2. The number of aromatic nitrogens is 4. The summed E-state index contributed by atoms with van der Waals surface area (Å²) in [6.45, 7) is 5.14. The Morgan fingerprint density at radius 1 is 0.818 bits per heavy atom. The van der Waals surface area contributed by atoms with Crippen LogP contribution in [0.2, 0.25) is 10.4 Å². The average Bonchev–Trinajstić information content (AvgIpc) is 3.15. The van der Waals surface area contributed by atoms with Crippen LogP contribution in [0.5, 0.6) is 0 Å². The Labute approximate surface area is 208 Å². The van der Waals surface area contributed by atoms with E-state index >= 15 is 0 Å². The standard InChI is InChI=1S/C25H40Cl2N4O2/c1-19(2)24-29-23-21(22(26)28-25(27)30-23)31(24)18-16-14-12-10-8-6-4-5-7-9-11-13-15-17-20(32)33-3/h19H,4-18H2,1-3H3. The third-order valence-electron chi connectivity index (χ3n) is 6.07. The van der Waals surface area contributed by atoms with Gasteiger partial charge >= 0.3 is 5.97 Å². The zero-order valence-electron chi connectivity index (χ0n) is 20.5. The van der Waals surface area contributed by atoms with E-state index < -0.39 is 0 Å². The molecule has 2 aromatic rings. The first-order valence-corrected chi connectivity index (χ1v) is 13.4. The Morgan fingerprint density at radius 2 is 1.33 bits per heavy atom. The number of carbonyl (C=O) groups excluding carboxylic acids is 1. The van der Waals surface area contributed by atoms with Gasteiger partial charge in [0.1, 0.15) is 11.3 Å². The lowest BCUT2D eigenvalue weighted by molar-refractivity contribution is -0.140. The summed E-state index contributed by atoms with van der Waals surface area (Å²) in [4.78, 5) is 24.1. The van der Waals surface area contributed by atoms with Crippen molar-refractivity contribution < 1.29 is 9.53 Å². The molecule has 2 heterocycles. The van der Waals surface area contributed by atoms with Crippen molar-refractivity contribution >= 4 is 40.3 Å². The molecule has 0 amide bonds. The summed E-state index contributed by atoms with van der Waals surface area (Å²) >= 11 is 12.3. The van der Waals surface area contributed by atoms with E-state index in [1.807, 2.05) is 0 Å². The second kappa shape index (κ2) is 15.5. The number of nitrogens with zero attached hydrogens (tertiary/aromatic N) is 4. The van der Waals surface area contributed by atoms with E-state index in [0.29, 0.717) is 17.2 Å². The summed E-state index contributed by atoms with van der Waals surface area (Å²) < 4.78 is 6.84. The lowest BCUT2D eigenvalue weighted by atomic mass is 10.0. The molecule has 0 aliphatic heterocycles. The zero-order chi connectivity index (χ0) is 24.1. The summed E-state index contributed by atoms with van der Waals surface area (Å²) in [5.74, 6) is 1.19. The van der Waals surface area contributed by atoms with E-state index in [2.05, 4.69) is 38.1 Å². The van der Waals surface area contributed by atoms with Crippen LogP contribution in [0.4, 0.5) is 0 Å². The molecule has 0 aliphatic carbocycles. The van der Waals surface area contributed by atoms with Gasteiger partial charge in [-0.15, -0.1) is 0 Å². The average molecular weight is 500 g/mol. The number of halogens is 2. The van der Waals surface area contributed by atoms with Gasteiger partial charge in [0.2, 0.25) is 5.28 Å². The van der Waals surface area contributed by atoms with Gasteiger partial charge in [0.25, 0.3) is 0 Å². The van der Waals surface area contributed by atoms with E-state index in [1.54, 1.807) is 0 Å². The highest BCUT2D eigenvalue weighted by molar-refractivity contribution is 6.35. The molecule has 8 heteroatoms. The van der Waals surface area contributed by atoms with Gasteiger partial charge in [0.05, 0.1) is 7.11 Å². The number of rotatable bonds is 17. The molecule has 0 atom stereocenters. The van der Waals surface area contributed by atoms with Crippen molar-refractivity contribution in [2.75, 3.05) is 7.11 Å². The van der Waals surface area contributed by atoms with Crippen LogP contribution < -0.4 is 0 Å². The highest BCUT2D eigenvalue weighted by Gasteiger charge is 2.18. The van der Waals surface area contributed by atoms with Crippen molar-refractivity contribution in [1.29, 1.82) is 0 Å². The fourth-order valence-corrected chi connectivity index (χ4v) is 4.71. The fraction of sp³-hybridized carbons (Fsp3) is 0.760. The van der Waals surface area contributed by atoms with Crippen molar-refractivity contribution in [2.45, 2.75) is 116 Å². The minimum Gasteiger partial charge on any atom is -0.469 e. The molecule has 0 aliphatic rings. The number of unbranched alkanes of at least 4 members (excludes halogenated alkanes) is 12. The summed E-state index contributed by atoms with van der Waals surface area (Å²) in [6.07, 6.45) is 16.7. The van der Waals surface area contributed by atoms with E-state index in [1.165, 1.54) is 71.3 Å². The van der Waals surface area contributed by atoms with E-state index in [4.69, 9.17) is 23.2 Å². The van der Waals surface area contributed by atoms with Crippen molar-refractivity contribution in [3.05, 3.63) is 16.3 Å². The zero-order valence-corrected chi connectivity index (χ0v) is 22.1. The largest absolute Gasteiger partial charge is 0.469 e. The van der Waals surface area contributed by atoms with Crippen molar-refractivity contribution in [3.8, 4) is 0 Å². The van der Waals surface area contributed by atoms with Gasteiger partial charge in [-0.05, 0) is 24.4 Å². The number of fused-ring (bicyclic) bond motifs is 1. The molecule has 0 aromatic carbocycles. The van der Waals surface area contributed by atoms with Gasteiger partial charge in [0.15, 0.2) is 10.8 Å². The number of aryl methyl sites for hydroxylation is 1. The number of imidazole rings is 1. The highest BCUT2D eigenvalue weighted by atomic mass is 35.5. The normalized spacial score (nSPS) is 11.6. The molecular weight excluding hydrogens is 459 g/mol. The van der Waals surface area contributed by atoms with Crippen LogP contribution in [-0.2, 0) is 16.1 Å². The molecule has 0 fully saturated rings. The molecule has 0 radical (unpaired) electrons. The van der Waals surface area contributed by atoms with E-state index in [-0.39, 0.29) is 17.2 Å². The number of hydrogen-bond acceptors (Lipinski definition) is 5. The van der Waals surface area contributed by atoms with E-state index in [9.17, 15) is 4.79 Å². The van der Waals surface area contributed by atoms with Gasteiger partial charge in [-0.1, -0.05) is 96.1 Å². The van der Waals surface area contributed by atoms with Gasteiger partial charge in [-0.25, -0.2) is 9.97 Å². The Kier molecular flexibility index (Phi) is 13.1. The van der Waals surface area contributed by atoms with E-state index in [0.717, 1.165) is 37.1 Å². The third kappa shape index (κ3) is 9.78. The minimum atomic E-state index is -0.0881. The van der Waals surface area contributed by atoms with Crippen LogP contribution in [0.3, 0.4) is 0 Å². The van der Waals surface area contributed by atoms with Crippen LogP contribution in [0.15, 0.2) is 0 Å². The molecule has 0 N–H and O–H groups in total. The van der Waals surface area contributed by atoms with Crippen LogP contribution in [0.1, 0.15) is 115 Å². The predicted octanol–water partition coefficient (Wildman–Crippen LogP) is 7.89. The molecule has 0 saturated carbocycles. The van der Waals surface area contributed by atoms with Gasteiger partial charge < -0.3 is 9.30 Å². The summed E-state index contributed by atoms with van der Waals surface area (Å²) in [5, 5.41) is 0.522. The first kappa shape index (κ1) is 27.8. The maximum absolute atomic E-state index is 11.1. The van der Waals surface area contributed by atoms with Crippen LogP contribution >= 0.6 is 23.2 Å². The molecule has 33 heavy (non-hydrogen) atoms. The quantitative estimate of drug-likeness (QED) is 0.0958. The molecule has 0 saturated heterocycles. The number of esters is 1. The van der Waals surface area contributed by atoms with Gasteiger partial charge in [-0.3, -0.25) is 4.79 Å². The molecule has 0 spiro atoms. The maximum Gasteiger partial charge on any atom is 0.305 e. The second-order valence-corrected chi connectivity index (χ2v) is 9.85. The molecule has 2 aromatic heterocycles. The monoisotopic (exact) mass is 498 g/mol. The SMILES string of the molecule is COC(=O)CCCCCCCCCCCCCCCn1c(C(C)C)nc2nc(Cl)nc(Cl)c21. The predicted molar refractivity (Wildman–Crippen MR) is 136 cm³/mol. The fourth-order valence-electron chi connectivity index (χ4n) is 4.24. The Balaban J connectivity index is 1.53. The molecule has 2 rings (SSSR count). The molecule has 186 valence electrons. The number of methoxy groups -OCH3 is 1. The Hall–Kier alpha value is -1.40. The smallest absolute Gasteiger partial charge is 0.305 e. The lowest BCUT2D eigenvalue weighted by Gasteiger charge is -2.11. The Morgan fingerprint density at radius 3 is 1.85 bits per heavy atom. The number of carbonyl (C=O) groups is 1. The first-order chi connectivity index (χ1) is 15.9. The summed E-state index contributed by atoms with van der Waals surface area (Å²) in [5.41, 5.74) is 1.39. The van der Waals surface area contributed by atoms with Crippen LogP contribution in [-0.4, -0.2) is 32.6 Å². The Bertz CT molecular complexity index is 855. The number of ether oxygens (including phenoxy) is 1. The third-order valence-corrected chi connectivity index (χ3v) is 6.50. The molecule has 6 nitrogen and oxygen atoms in total.